The van der Waals surface area contributed by atoms with Gasteiger partial charge in [-0.2, -0.15) is 0 Å². The van der Waals surface area contributed by atoms with Crippen molar-refractivity contribution in [3.05, 3.63) is 29.3 Å². The van der Waals surface area contributed by atoms with Crippen LogP contribution in [0.25, 0.3) is 0 Å². The average Bonchev–Trinajstić information content (AvgIpc) is 2.18. The minimum Gasteiger partial charge on any atom is -0.324 e. The van der Waals surface area contributed by atoms with E-state index in [4.69, 9.17) is 5.73 Å². The van der Waals surface area contributed by atoms with Crippen LogP contribution in [0.3, 0.4) is 0 Å². The van der Waals surface area contributed by atoms with Gasteiger partial charge in [-0.1, -0.05) is 6.07 Å². The number of nitrogens with one attached hydrogen (secondary N) is 1. The predicted octanol–water partition coefficient (Wildman–Crippen LogP) is 1.74. The van der Waals surface area contributed by atoms with E-state index in [1.807, 2.05) is 13.8 Å². The Morgan fingerprint density at radius 1 is 1.22 bits per heavy atom. The molecule has 0 spiro atoms. The highest BCUT2D eigenvalue weighted by Crippen LogP contribution is 2.14. The third-order valence-corrected chi connectivity index (χ3v) is 3.91. The van der Waals surface area contributed by atoms with Crippen molar-refractivity contribution < 1.29 is 8.42 Å². The second-order valence-electron chi connectivity index (χ2n) is 5.06. The monoisotopic (exact) mass is 292 g/mol. The Labute approximate surface area is 115 Å². The summed E-state index contributed by atoms with van der Waals surface area (Å²) in [6.45, 7) is 7.59. The van der Waals surface area contributed by atoms with Crippen molar-refractivity contribution in [2.75, 3.05) is 6.54 Å². The smallest absolute Gasteiger partial charge is 0.240 e. The van der Waals surface area contributed by atoms with E-state index in [9.17, 15) is 8.42 Å². The number of hydrogen-bond donors (Lipinski definition) is 2. The topological polar surface area (TPSA) is 72.2 Å². The van der Waals surface area contributed by atoms with Gasteiger partial charge in [-0.25, -0.2) is 13.1 Å². The molecule has 0 aromatic heterocycles. The highest BCUT2D eigenvalue weighted by atomic mass is 35.5. The largest absolute Gasteiger partial charge is 0.324 e. The maximum absolute atomic E-state index is 12.0. The molecule has 0 heterocycles. The summed E-state index contributed by atoms with van der Waals surface area (Å²) in [7, 11) is -3.46. The number of sulfonamides is 1. The van der Waals surface area contributed by atoms with Gasteiger partial charge in [0.25, 0.3) is 0 Å². The molecule has 0 bridgehead atoms. The fourth-order valence-electron chi connectivity index (χ4n) is 1.25. The normalized spacial score (nSPS) is 12.1. The number of nitrogens with two attached hydrogens (primary N) is 1. The Morgan fingerprint density at radius 2 is 1.78 bits per heavy atom. The summed E-state index contributed by atoms with van der Waals surface area (Å²) in [6.07, 6.45) is 0. The second kappa shape index (κ2) is 6.02. The van der Waals surface area contributed by atoms with Crippen LogP contribution >= 0.6 is 12.4 Å². The van der Waals surface area contributed by atoms with Gasteiger partial charge >= 0.3 is 0 Å². The van der Waals surface area contributed by atoms with Crippen LogP contribution in [0, 0.1) is 13.8 Å². The molecule has 18 heavy (non-hydrogen) atoms. The van der Waals surface area contributed by atoms with Crippen molar-refractivity contribution >= 4 is 22.4 Å². The van der Waals surface area contributed by atoms with Gasteiger partial charge in [0.1, 0.15) is 0 Å². The Kier molecular flexibility index (Phi) is 5.81. The van der Waals surface area contributed by atoms with Crippen LogP contribution in [0.15, 0.2) is 23.1 Å². The molecule has 0 saturated heterocycles. The molecule has 0 atom stereocenters. The van der Waals surface area contributed by atoms with Crippen LogP contribution in [0.1, 0.15) is 25.0 Å². The van der Waals surface area contributed by atoms with E-state index in [0.29, 0.717) is 0 Å². The highest BCUT2D eigenvalue weighted by Gasteiger charge is 2.18. The summed E-state index contributed by atoms with van der Waals surface area (Å²) >= 11 is 0. The van der Waals surface area contributed by atoms with Crippen LogP contribution < -0.4 is 10.5 Å². The first-order valence-electron chi connectivity index (χ1n) is 5.48. The molecule has 3 N–H and O–H groups in total. The van der Waals surface area contributed by atoms with Gasteiger partial charge in [0.15, 0.2) is 0 Å². The van der Waals surface area contributed by atoms with Crippen molar-refractivity contribution in [1.82, 2.24) is 4.72 Å². The van der Waals surface area contributed by atoms with E-state index >= 15 is 0 Å². The van der Waals surface area contributed by atoms with E-state index in [2.05, 4.69) is 4.72 Å². The van der Waals surface area contributed by atoms with Gasteiger partial charge in [-0.3, -0.25) is 0 Å². The number of halogens is 1. The summed E-state index contributed by atoms with van der Waals surface area (Å²) in [5.74, 6) is 0. The molecule has 0 saturated carbocycles. The first-order chi connectivity index (χ1) is 7.62. The molecule has 0 radical (unpaired) electrons. The fraction of sp³-hybridized carbons (Fsp3) is 0.500. The molecular formula is C12H21ClN2O2S. The molecule has 1 aromatic carbocycles. The van der Waals surface area contributed by atoms with Gasteiger partial charge in [-0.05, 0) is 51.0 Å². The molecule has 0 fully saturated rings. The minimum atomic E-state index is -3.46. The van der Waals surface area contributed by atoms with E-state index in [1.165, 1.54) is 0 Å². The third kappa shape index (κ3) is 4.94. The van der Waals surface area contributed by atoms with E-state index in [-0.39, 0.29) is 23.8 Å². The van der Waals surface area contributed by atoms with E-state index in [1.54, 1.807) is 32.0 Å². The molecule has 6 heteroatoms. The number of rotatable bonds is 4. The number of aryl methyl sites for hydroxylation is 2. The quantitative estimate of drug-likeness (QED) is 0.888. The first kappa shape index (κ1) is 17.4. The minimum absolute atomic E-state index is 0. The molecular weight excluding hydrogens is 272 g/mol. The third-order valence-electron chi connectivity index (χ3n) is 2.51. The zero-order valence-electron chi connectivity index (χ0n) is 11.1. The van der Waals surface area contributed by atoms with Crippen LogP contribution in [-0.2, 0) is 10.0 Å². The molecule has 104 valence electrons. The summed E-state index contributed by atoms with van der Waals surface area (Å²) in [6, 6.07) is 5.08. The SMILES string of the molecule is Cc1ccc(S(=O)(=O)NCC(C)(C)N)cc1C.Cl. The lowest BCUT2D eigenvalue weighted by Gasteiger charge is -2.19. The van der Waals surface area contributed by atoms with E-state index < -0.39 is 15.6 Å². The molecule has 0 unspecified atom stereocenters. The number of hydrogen-bond acceptors (Lipinski definition) is 3. The summed E-state index contributed by atoms with van der Waals surface area (Å²) in [5.41, 5.74) is 7.22. The zero-order valence-corrected chi connectivity index (χ0v) is 12.8. The molecule has 0 aliphatic rings. The first-order valence-corrected chi connectivity index (χ1v) is 6.96. The molecule has 1 aromatic rings. The standard InChI is InChI=1S/C12H20N2O2S.ClH/c1-9-5-6-11(7-10(9)2)17(15,16)14-8-12(3,4)13;/h5-7,14H,8,13H2,1-4H3;1H. The van der Waals surface area contributed by atoms with Crippen molar-refractivity contribution in [2.24, 2.45) is 5.73 Å². The molecule has 4 nitrogen and oxygen atoms in total. The van der Waals surface area contributed by atoms with Crippen LogP contribution in [-0.4, -0.2) is 20.5 Å². The van der Waals surface area contributed by atoms with Gasteiger partial charge in [-0.15, -0.1) is 12.4 Å². The van der Waals surface area contributed by atoms with E-state index in [0.717, 1.165) is 11.1 Å². The Hall–Kier alpha value is -0.620. The second-order valence-corrected chi connectivity index (χ2v) is 6.83. The van der Waals surface area contributed by atoms with Crippen LogP contribution in [0.2, 0.25) is 0 Å². The molecule has 1 rings (SSSR count). The lowest BCUT2D eigenvalue weighted by Crippen LogP contribution is -2.45. The highest BCUT2D eigenvalue weighted by molar-refractivity contribution is 7.89. The lowest BCUT2D eigenvalue weighted by atomic mass is 10.1. The van der Waals surface area contributed by atoms with Crippen molar-refractivity contribution in [3.8, 4) is 0 Å². The van der Waals surface area contributed by atoms with Gasteiger partial charge < -0.3 is 5.73 Å². The van der Waals surface area contributed by atoms with Gasteiger partial charge in [0.2, 0.25) is 10.0 Å². The molecule has 0 aliphatic carbocycles. The average molecular weight is 293 g/mol. The van der Waals surface area contributed by atoms with Crippen LogP contribution in [0.5, 0.6) is 0 Å². The predicted molar refractivity (Wildman–Crippen MR) is 76.6 cm³/mol. The fourth-order valence-corrected chi connectivity index (χ4v) is 2.55. The number of benzene rings is 1. The lowest BCUT2D eigenvalue weighted by molar-refractivity contribution is 0.498. The van der Waals surface area contributed by atoms with Crippen molar-refractivity contribution in [1.29, 1.82) is 0 Å². The van der Waals surface area contributed by atoms with Gasteiger partial charge in [0.05, 0.1) is 4.90 Å². The zero-order chi connectivity index (χ0) is 13.3. The summed E-state index contributed by atoms with van der Waals surface area (Å²) < 4.78 is 26.5. The Bertz CT molecular complexity index is 507. The molecule has 0 amide bonds. The van der Waals surface area contributed by atoms with Gasteiger partial charge in [0, 0.05) is 12.1 Å². The maximum atomic E-state index is 12.0. The van der Waals surface area contributed by atoms with Crippen LogP contribution in [0.4, 0.5) is 0 Å². The summed E-state index contributed by atoms with van der Waals surface area (Å²) in [4.78, 5) is 0.282. The molecule has 0 aliphatic heterocycles. The Balaban J connectivity index is 0.00000289. The van der Waals surface area contributed by atoms with Crippen molar-refractivity contribution in [2.45, 2.75) is 38.1 Å². The maximum Gasteiger partial charge on any atom is 0.240 e. The summed E-state index contributed by atoms with van der Waals surface area (Å²) in [5, 5.41) is 0. The van der Waals surface area contributed by atoms with Crippen molar-refractivity contribution in [3.63, 3.8) is 0 Å². The Morgan fingerprint density at radius 3 is 2.22 bits per heavy atom.